The molecule has 0 fully saturated rings. The third kappa shape index (κ3) is 6.74. The molecule has 4 nitrogen and oxygen atoms in total. The standard InChI is InChI=1S/C13H21NO3S/c15-11-6-2-5-10-14-18(16,17)12-9-13-7-3-1-4-8-13/h1,3-4,7-8,14-15H,2,5-6,9-12H2. The van der Waals surface area contributed by atoms with Crippen LogP contribution >= 0.6 is 0 Å². The van der Waals surface area contributed by atoms with Crippen LogP contribution in [0.4, 0.5) is 0 Å². The summed E-state index contributed by atoms with van der Waals surface area (Å²) < 4.78 is 25.9. The number of aliphatic hydroxyl groups is 1. The Hall–Kier alpha value is -0.910. The lowest BCUT2D eigenvalue weighted by Crippen LogP contribution is -2.28. The van der Waals surface area contributed by atoms with Crippen molar-refractivity contribution in [3.63, 3.8) is 0 Å². The molecule has 0 aromatic heterocycles. The van der Waals surface area contributed by atoms with Gasteiger partial charge in [-0.2, -0.15) is 0 Å². The van der Waals surface area contributed by atoms with Crippen molar-refractivity contribution in [2.45, 2.75) is 25.7 Å². The summed E-state index contributed by atoms with van der Waals surface area (Å²) in [6, 6.07) is 9.58. The fourth-order valence-corrected chi connectivity index (χ4v) is 2.71. The lowest BCUT2D eigenvalue weighted by atomic mass is 10.2. The highest BCUT2D eigenvalue weighted by Crippen LogP contribution is 2.01. The Bertz CT molecular complexity index is 417. The van der Waals surface area contributed by atoms with E-state index in [2.05, 4.69) is 4.72 Å². The first-order valence-electron chi connectivity index (χ1n) is 6.26. The van der Waals surface area contributed by atoms with Crippen molar-refractivity contribution >= 4 is 10.0 Å². The van der Waals surface area contributed by atoms with E-state index in [1.165, 1.54) is 0 Å². The van der Waals surface area contributed by atoms with Gasteiger partial charge in [-0.25, -0.2) is 13.1 Å². The summed E-state index contributed by atoms with van der Waals surface area (Å²) >= 11 is 0. The van der Waals surface area contributed by atoms with Gasteiger partial charge in [-0.1, -0.05) is 30.3 Å². The van der Waals surface area contributed by atoms with Gasteiger partial charge in [0.05, 0.1) is 5.75 Å². The zero-order valence-corrected chi connectivity index (χ0v) is 11.3. The van der Waals surface area contributed by atoms with Crippen LogP contribution in [0.25, 0.3) is 0 Å². The van der Waals surface area contributed by atoms with Gasteiger partial charge in [-0.15, -0.1) is 0 Å². The minimum absolute atomic E-state index is 0.122. The number of aryl methyl sites for hydroxylation is 1. The van der Waals surface area contributed by atoms with Crippen LogP contribution in [0, 0.1) is 0 Å². The van der Waals surface area contributed by atoms with Gasteiger partial charge in [-0.05, 0) is 31.2 Å². The minimum atomic E-state index is -3.18. The van der Waals surface area contributed by atoms with E-state index in [1.807, 2.05) is 30.3 Å². The highest BCUT2D eigenvalue weighted by atomic mass is 32.2. The molecule has 0 unspecified atom stereocenters. The largest absolute Gasteiger partial charge is 0.396 e. The number of hydrogen-bond donors (Lipinski definition) is 2. The van der Waals surface area contributed by atoms with Crippen LogP contribution in [0.3, 0.4) is 0 Å². The number of sulfonamides is 1. The van der Waals surface area contributed by atoms with Crippen molar-refractivity contribution in [3.05, 3.63) is 35.9 Å². The van der Waals surface area contributed by atoms with E-state index in [1.54, 1.807) is 0 Å². The van der Waals surface area contributed by atoms with Gasteiger partial charge in [-0.3, -0.25) is 0 Å². The quantitative estimate of drug-likeness (QED) is 0.666. The molecule has 102 valence electrons. The Kier molecular flexibility index (Phi) is 6.93. The molecular formula is C13H21NO3S. The average Bonchev–Trinajstić information content (AvgIpc) is 2.38. The smallest absolute Gasteiger partial charge is 0.211 e. The Morgan fingerprint density at radius 2 is 1.78 bits per heavy atom. The molecule has 0 aliphatic carbocycles. The molecule has 0 spiro atoms. The number of aliphatic hydroxyl groups excluding tert-OH is 1. The van der Waals surface area contributed by atoms with Gasteiger partial charge < -0.3 is 5.11 Å². The Labute approximate surface area is 109 Å². The number of nitrogens with one attached hydrogen (secondary N) is 1. The minimum Gasteiger partial charge on any atom is -0.396 e. The highest BCUT2D eigenvalue weighted by Gasteiger charge is 2.09. The van der Waals surface area contributed by atoms with Crippen molar-refractivity contribution in [1.29, 1.82) is 0 Å². The maximum atomic E-state index is 11.7. The van der Waals surface area contributed by atoms with E-state index in [9.17, 15) is 8.42 Å². The monoisotopic (exact) mass is 271 g/mol. The topological polar surface area (TPSA) is 66.4 Å². The molecule has 0 heterocycles. The van der Waals surface area contributed by atoms with Crippen LogP contribution in [-0.4, -0.2) is 32.4 Å². The van der Waals surface area contributed by atoms with Crippen molar-refractivity contribution in [1.82, 2.24) is 4.72 Å². The lowest BCUT2D eigenvalue weighted by molar-refractivity contribution is 0.283. The van der Waals surface area contributed by atoms with E-state index >= 15 is 0 Å². The molecule has 5 heteroatoms. The third-order valence-corrected chi connectivity index (χ3v) is 4.04. The number of rotatable bonds is 9. The molecule has 0 bridgehead atoms. The lowest BCUT2D eigenvalue weighted by Gasteiger charge is -2.06. The molecular weight excluding hydrogens is 250 g/mol. The van der Waals surface area contributed by atoms with Gasteiger partial charge in [0.25, 0.3) is 0 Å². The molecule has 0 aliphatic rings. The molecule has 18 heavy (non-hydrogen) atoms. The first-order valence-corrected chi connectivity index (χ1v) is 7.91. The van der Waals surface area contributed by atoms with Gasteiger partial charge in [0.15, 0.2) is 0 Å². The fourth-order valence-electron chi connectivity index (χ4n) is 1.61. The summed E-state index contributed by atoms with van der Waals surface area (Å²) in [4.78, 5) is 0. The van der Waals surface area contributed by atoms with Gasteiger partial charge in [0.2, 0.25) is 10.0 Å². The van der Waals surface area contributed by atoms with Crippen LogP contribution < -0.4 is 4.72 Å². The van der Waals surface area contributed by atoms with Gasteiger partial charge >= 0.3 is 0 Å². The Balaban J connectivity index is 2.23. The normalized spacial score (nSPS) is 11.6. The molecule has 0 atom stereocenters. The van der Waals surface area contributed by atoms with Crippen LogP contribution in [0.2, 0.25) is 0 Å². The van der Waals surface area contributed by atoms with E-state index in [0.29, 0.717) is 13.0 Å². The van der Waals surface area contributed by atoms with Gasteiger partial charge in [0.1, 0.15) is 0 Å². The first-order chi connectivity index (χ1) is 8.64. The van der Waals surface area contributed by atoms with Crippen molar-refractivity contribution in [2.24, 2.45) is 0 Å². The molecule has 2 N–H and O–H groups in total. The summed E-state index contributed by atoms with van der Waals surface area (Å²) in [7, 11) is -3.18. The third-order valence-electron chi connectivity index (χ3n) is 2.66. The first kappa shape index (κ1) is 15.1. The number of unbranched alkanes of at least 4 members (excludes halogenated alkanes) is 2. The molecule has 1 aromatic rings. The average molecular weight is 271 g/mol. The predicted octanol–water partition coefficient (Wildman–Crippen LogP) is 1.31. The summed E-state index contributed by atoms with van der Waals surface area (Å²) in [6.07, 6.45) is 2.88. The van der Waals surface area contributed by atoms with E-state index < -0.39 is 10.0 Å². The number of benzene rings is 1. The van der Waals surface area contributed by atoms with E-state index in [0.717, 1.165) is 24.8 Å². The summed E-state index contributed by atoms with van der Waals surface area (Å²) in [6.45, 7) is 0.623. The molecule has 1 aromatic carbocycles. The van der Waals surface area contributed by atoms with Crippen molar-refractivity contribution in [3.8, 4) is 0 Å². The molecule has 0 amide bonds. The molecule has 0 saturated carbocycles. The molecule has 0 aliphatic heterocycles. The zero-order valence-electron chi connectivity index (χ0n) is 10.5. The van der Waals surface area contributed by atoms with E-state index in [-0.39, 0.29) is 12.4 Å². The van der Waals surface area contributed by atoms with Crippen molar-refractivity contribution < 1.29 is 13.5 Å². The van der Waals surface area contributed by atoms with E-state index in [4.69, 9.17) is 5.11 Å². The second-order valence-corrected chi connectivity index (χ2v) is 6.16. The highest BCUT2D eigenvalue weighted by molar-refractivity contribution is 7.89. The van der Waals surface area contributed by atoms with Crippen molar-refractivity contribution in [2.75, 3.05) is 18.9 Å². The maximum absolute atomic E-state index is 11.7. The summed E-state index contributed by atoms with van der Waals surface area (Å²) in [5.74, 6) is 0.122. The second kappa shape index (κ2) is 8.24. The Morgan fingerprint density at radius 1 is 1.06 bits per heavy atom. The Morgan fingerprint density at radius 3 is 2.44 bits per heavy atom. The SMILES string of the molecule is O=S(=O)(CCc1ccccc1)NCCCCCO. The summed E-state index contributed by atoms with van der Waals surface area (Å²) in [5, 5.41) is 8.60. The molecule has 1 rings (SSSR count). The zero-order chi connectivity index (χ0) is 13.3. The molecule has 0 radical (unpaired) electrons. The van der Waals surface area contributed by atoms with Crippen LogP contribution in [0.5, 0.6) is 0 Å². The predicted molar refractivity (Wildman–Crippen MR) is 72.9 cm³/mol. The van der Waals surface area contributed by atoms with Crippen LogP contribution in [0.15, 0.2) is 30.3 Å². The molecule has 0 saturated heterocycles. The maximum Gasteiger partial charge on any atom is 0.211 e. The second-order valence-electron chi connectivity index (χ2n) is 4.23. The van der Waals surface area contributed by atoms with Crippen LogP contribution in [0.1, 0.15) is 24.8 Å². The fraction of sp³-hybridized carbons (Fsp3) is 0.538. The number of hydrogen-bond acceptors (Lipinski definition) is 3. The summed E-state index contributed by atoms with van der Waals surface area (Å²) in [5.41, 5.74) is 1.03. The van der Waals surface area contributed by atoms with Gasteiger partial charge in [0, 0.05) is 13.2 Å². The van der Waals surface area contributed by atoms with Crippen LogP contribution in [-0.2, 0) is 16.4 Å².